The van der Waals surface area contributed by atoms with Gasteiger partial charge in [-0.1, -0.05) is 0 Å². The average Bonchev–Trinajstić information content (AvgIpc) is 2.65. The molecule has 0 radical (unpaired) electrons. The number of hydrogen-bond acceptors (Lipinski definition) is 7. The third-order valence-electron chi connectivity index (χ3n) is 7.07. The molecule has 0 amide bonds. The molecule has 4 bridgehead atoms. The summed E-state index contributed by atoms with van der Waals surface area (Å²) >= 11 is 0. The predicted octanol–water partition coefficient (Wildman–Crippen LogP) is 2.65. The molecule has 0 unspecified atom stereocenters. The van der Waals surface area contributed by atoms with Crippen LogP contribution in [0.1, 0.15) is 57.8 Å². The van der Waals surface area contributed by atoms with E-state index in [1.807, 2.05) is 0 Å². The first-order valence-corrected chi connectivity index (χ1v) is 10.9. The van der Waals surface area contributed by atoms with Crippen LogP contribution < -0.4 is 15.5 Å². The van der Waals surface area contributed by atoms with E-state index in [0.717, 1.165) is 36.8 Å². The smallest absolute Gasteiger partial charge is 0.231 e. The highest BCUT2D eigenvalue weighted by Gasteiger charge is 2.51. The van der Waals surface area contributed by atoms with Gasteiger partial charge in [-0.2, -0.15) is 15.0 Å². The number of nitrogens with zero attached hydrogens (tertiary/aromatic N) is 4. The predicted molar refractivity (Wildman–Crippen MR) is 106 cm³/mol. The van der Waals surface area contributed by atoms with Crippen LogP contribution >= 0.6 is 0 Å². The first kappa shape index (κ1) is 17.5. The van der Waals surface area contributed by atoms with Gasteiger partial charge in [0.05, 0.1) is 6.61 Å². The molecular weight excluding hydrogens is 340 g/mol. The number of aliphatic hydroxyl groups is 1. The van der Waals surface area contributed by atoms with Gasteiger partial charge in [0, 0.05) is 25.2 Å². The van der Waals surface area contributed by atoms with Crippen LogP contribution in [0.15, 0.2) is 0 Å². The molecule has 5 aliphatic rings. The van der Waals surface area contributed by atoms with Gasteiger partial charge in [0.1, 0.15) is 0 Å². The summed E-state index contributed by atoms with van der Waals surface area (Å²) in [6, 6.07) is 0. The van der Waals surface area contributed by atoms with E-state index in [4.69, 9.17) is 10.1 Å². The summed E-state index contributed by atoms with van der Waals surface area (Å²) in [7, 11) is 0. The molecule has 4 aliphatic carbocycles. The van der Waals surface area contributed by atoms with Crippen LogP contribution in [0.4, 0.5) is 17.8 Å². The van der Waals surface area contributed by atoms with Gasteiger partial charge in [0.25, 0.3) is 0 Å². The van der Waals surface area contributed by atoms with E-state index in [0.29, 0.717) is 18.4 Å². The Hall–Kier alpha value is -1.63. The van der Waals surface area contributed by atoms with Crippen molar-refractivity contribution in [3.63, 3.8) is 0 Å². The van der Waals surface area contributed by atoms with Crippen LogP contribution in [-0.2, 0) is 0 Å². The van der Waals surface area contributed by atoms with E-state index in [-0.39, 0.29) is 12.1 Å². The van der Waals surface area contributed by atoms with E-state index in [1.165, 1.54) is 57.8 Å². The second-order valence-electron chi connectivity index (χ2n) is 9.30. The van der Waals surface area contributed by atoms with Crippen LogP contribution in [0.5, 0.6) is 0 Å². The van der Waals surface area contributed by atoms with E-state index >= 15 is 0 Å². The summed E-state index contributed by atoms with van der Waals surface area (Å²) in [5.74, 6) is 4.73. The fraction of sp³-hybridized carbons (Fsp3) is 0.850. The lowest BCUT2D eigenvalue weighted by Crippen LogP contribution is -2.55. The van der Waals surface area contributed by atoms with Crippen LogP contribution in [0, 0.1) is 17.8 Å². The Morgan fingerprint density at radius 1 is 0.889 bits per heavy atom. The van der Waals surface area contributed by atoms with Crippen molar-refractivity contribution in [1.29, 1.82) is 0 Å². The summed E-state index contributed by atoms with van der Waals surface area (Å²) in [5.41, 5.74) is 0.184. The molecule has 1 aliphatic heterocycles. The number of piperidine rings is 1. The molecule has 2 heterocycles. The van der Waals surface area contributed by atoms with Gasteiger partial charge >= 0.3 is 0 Å². The fourth-order valence-electron chi connectivity index (χ4n) is 6.40. The van der Waals surface area contributed by atoms with Crippen LogP contribution in [0.25, 0.3) is 0 Å². The number of aromatic nitrogens is 3. The first-order chi connectivity index (χ1) is 13.2. The minimum Gasteiger partial charge on any atom is -0.395 e. The minimum atomic E-state index is 0.0719. The van der Waals surface area contributed by atoms with E-state index in [9.17, 15) is 0 Å². The lowest BCUT2D eigenvalue weighted by Gasteiger charge is -2.56. The molecule has 1 aromatic rings. The van der Waals surface area contributed by atoms with Crippen molar-refractivity contribution >= 4 is 17.8 Å². The Morgan fingerprint density at radius 3 is 2.15 bits per heavy atom. The summed E-state index contributed by atoms with van der Waals surface area (Å²) < 4.78 is 0. The van der Waals surface area contributed by atoms with Crippen molar-refractivity contribution in [2.45, 2.75) is 63.3 Å². The highest BCUT2D eigenvalue weighted by Crippen LogP contribution is 2.56. The van der Waals surface area contributed by atoms with Gasteiger partial charge in [-0.05, 0) is 75.5 Å². The highest BCUT2D eigenvalue weighted by atomic mass is 16.3. The topological polar surface area (TPSA) is 86.2 Å². The van der Waals surface area contributed by atoms with Crippen molar-refractivity contribution in [2.24, 2.45) is 17.8 Å². The molecule has 4 saturated carbocycles. The number of nitrogens with one attached hydrogen (secondary N) is 2. The molecule has 0 atom stereocenters. The Morgan fingerprint density at radius 2 is 1.52 bits per heavy atom. The van der Waals surface area contributed by atoms with Crippen molar-refractivity contribution < 1.29 is 5.11 Å². The molecule has 7 heteroatoms. The fourth-order valence-corrected chi connectivity index (χ4v) is 6.40. The molecule has 1 aromatic heterocycles. The van der Waals surface area contributed by atoms with E-state index < -0.39 is 0 Å². The zero-order valence-electron chi connectivity index (χ0n) is 16.2. The number of aliphatic hydroxyl groups excluding tert-OH is 1. The van der Waals surface area contributed by atoms with Gasteiger partial charge in [-0.3, -0.25) is 0 Å². The van der Waals surface area contributed by atoms with E-state index in [2.05, 4.69) is 25.5 Å². The quantitative estimate of drug-likeness (QED) is 0.708. The second kappa shape index (κ2) is 7.08. The first-order valence-electron chi connectivity index (χ1n) is 10.9. The third kappa shape index (κ3) is 3.58. The summed E-state index contributed by atoms with van der Waals surface area (Å²) in [6.07, 6.45) is 11.8. The van der Waals surface area contributed by atoms with Crippen molar-refractivity contribution in [1.82, 2.24) is 15.0 Å². The zero-order chi connectivity index (χ0) is 18.3. The Balaban J connectivity index is 1.40. The van der Waals surface area contributed by atoms with Crippen molar-refractivity contribution in [3.8, 4) is 0 Å². The maximum atomic E-state index is 9.17. The molecule has 0 aromatic carbocycles. The van der Waals surface area contributed by atoms with Crippen LogP contribution in [0.3, 0.4) is 0 Å². The zero-order valence-corrected chi connectivity index (χ0v) is 16.2. The minimum absolute atomic E-state index is 0.0719. The molecule has 1 saturated heterocycles. The van der Waals surface area contributed by atoms with Gasteiger partial charge in [0.15, 0.2) is 0 Å². The van der Waals surface area contributed by atoms with Gasteiger partial charge in [-0.25, -0.2) is 0 Å². The Kier molecular flexibility index (Phi) is 4.58. The molecule has 6 rings (SSSR count). The maximum Gasteiger partial charge on any atom is 0.231 e. The maximum absolute atomic E-state index is 9.17. The number of anilines is 3. The molecule has 7 nitrogen and oxygen atoms in total. The SMILES string of the molecule is OCCNc1nc(NC23CC4CC(CC(C4)C2)C3)nc(N2CCCCC2)n1. The normalized spacial score (nSPS) is 34.7. The summed E-state index contributed by atoms with van der Waals surface area (Å²) in [4.78, 5) is 16.4. The van der Waals surface area contributed by atoms with Crippen molar-refractivity contribution in [2.75, 3.05) is 41.8 Å². The molecule has 148 valence electrons. The molecule has 27 heavy (non-hydrogen) atoms. The van der Waals surface area contributed by atoms with Crippen LogP contribution in [0.2, 0.25) is 0 Å². The summed E-state index contributed by atoms with van der Waals surface area (Å²) in [5, 5.41) is 16.1. The lowest BCUT2D eigenvalue weighted by atomic mass is 9.53. The molecule has 3 N–H and O–H groups in total. The van der Waals surface area contributed by atoms with Crippen molar-refractivity contribution in [3.05, 3.63) is 0 Å². The molecular formula is C20H32N6O. The molecule has 5 fully saturated rings. The third-order valence-corrected chi connectivity index (χ3v) is 7.07. The highest BCUT2D eigenvalue weighted by molar-refractivity contribution is 5.45. The van der Waals surface area contributed by atoms with Gasteiger partial charge in [0.2, 0.25) is 17.8 Å². The van der Waals surface area contributed by atoms with Crippen LogP contribution in [-0.4, -0.2) is 51.8 Å². The average molecular weight is 373 g/mol. The largest absolute Gasteiger partial charge is 0.395 e. The Bertz CT molecular complexity index is 639. The second-order valence-corrected chi connectivity index (χ2v) is 9.30. The summed E-state index contributed by atoms with van der Waals surface area (Å²) in [6.45, 7) is 2.56. The number of hydrogen-bond donors (Lipinski definition) is 3. The monoisotopic (exact) mass is 372 g/mol. The van der Waals surface area contributed by atoms with Gasteiger partial charge < -0.3 is 20.6 Å². The lowest BCUT2D eigenvalue weighted by molar-refractivity contribution is 0.0103. The Labute approximate surface area is 161 Å². The van der Waals surface area contributed by atoms with E-state index in [1.54, 1.807) is 0 Å². The molecule has 0 spiro atoms. The standard InChI is InChI=1S/C20H32N6O/c27-7-4-21-17-22-18(24-19(23-17)26-5-2-1-3-6-26)25-20-11-14-8-15(12-20)10-16(9-14)13-20/h14-16,27H,1-13H2,(H2,21,22,23,24,25). The van der Waals surface area contributed by atoms with Gasteiger partial charge in [-0.15, -0.1) is 0 Å². The number of rotatable bonds is 6.